The molecule has 0 aliphatic heterocycles. The second kappa shape index (κ2) is 2.95. The Kier molecular flexibility index (Phi) is 2.96. The molecule has 0 saturated heterocycles. The van der Waals surface area contributed by atoms with E-state index in [1.54, 1.807) is 0 Å². The van der Waals surface area contributed by atoms with Gasteiger partial charge in [0.05, 0.1) is 6.26 Å². The van der Waals surface area contributed by atoms with Crippen molar-refractivity contribution < 1.29 is 26.5 Å². The van der Waals surface area contributed by atoms with E-state index >= 15 is 0 Å². The van der Waals surface area contributed by atoms with Gasteiger partial charge in [-0.1, -0.05) is 0 Å². The lowest BCUT2D eigenvalue weighted by molar-refractivity contribution is 0.210. The van der Waals surface area contributed by atoms with Crippen molar-refractivity contribution in [2.75, 3.05) is 6.26 Å². The zero-order chi connectivity index (χ0) is 8.41. The predicted molar refractivity (Wildman–Crippen MR) is 31.0 cm³/mol. The van der Waals surface area contributed by atoms with Crippen molar-refractivity contribution in [3.05, 3.63) is 0 Å². The number of rotatable bonds is 3. The van der Waals surface area contributed by atoms with Crippen LogP contribution in [-0.4, -0.2) is 19.6 Å². The van der Waals surface area contributed by atoms with Crippen LogP contribution >= 0.6 is 7.82 Å². The predicted octanol–water partition coefficient (Wildman–Crippen LogP) is -1.05. The highest BCUT2D eigenvalue weighted by atomic mass is 32.2. The molecule has 0 fully saturated rings. The SMILES string of the molecule is CS(=O)(=O)OP(=O)(O)ON. The Morgan fingerprint density at radius 1 is 1.60 bits per heavy atom. The van der Waals surface area contributed by atoms with Crippen molar-refractivity contribution >= 4 is 17.9 Å². The highest BCUT2D eigenvalue weighted by Crippen LogP contribution is 2.42. The largest absolute Gasteiger partial charge is 0.503 e. The number of hydrogen-bond acceptors (Lipinski definition) is 6. The maximum absolute atomic E-state index is 10.2. The summed E-state index contributed by atoms with van der Waals surface area (Å²) in [6.07, 6.45) is 0.592. The van der Waals surface area contributed by atoms with Gasteiger partial charge in [0.15, 0.2) is 0 Å². The van der Waals surface area contributed by atoms with Crippen LogP contribution in [0, 0.1) is 0 Å². The monoisotopic (exact) mass is 191 g/mol. The Bertz CT molecular complexity index is 242. The summed E-state index contributed by atoms with van der Waals surface area (Å²) in [5.74, 6) is 4.21. The van der Waals surface area contributed by atoms with Crippen LogP contribution in [0.5, 0.6) is 0 Å². The van der Waals surface area contributed by atoms with Crippen LogP contribution < -0.4 is 5.90 Å². The van der Waals surface area contributed by atoms with Gasteiger partial charge in [-0.2, -0.15) is 12.4 Å². The Morgan fingerprint density at radius 3 is 2.10 bits per heavy atom. The zero-order valence-corrected chi connectivity index (χ0v) is 6.63. The highest BCUT2D eigenvalue weighted by Gasteiger charge is 2.25. The molecule has 0 saturated carbocycles. The molecule has 0 spiro atoms. The number of nitrogens with two attached hydrogens (primary N) is 1. The highest BCUT2D eigenvalue weighted by molar-refractivity contribution is 7.89. The lowest BCUT2D eigenvalue weighted by Crippen LogP contribution is -2.05. The molecule has 1 atom stereocenters. The molecule has 0 aliphatic rings. The topological polar surface area (TPSA) is 116 Å². The smallest absolute Gasteiger partial charge is 0.301 e. The van der Waals surface area contributed by atoms with Crippen molar-refractivity contribution in [3.8, 4) is 0 Å². The van der Waals surface area contributed by atoms with Gasteiger partial charge in [-0.25, -0.2) is 15.1 Å². The van der Waals surface area contributed by atoms with Gasteiger partial charge in [0.25, 0.3) is 10.1 Å². The Morgan fingerprint density at radius 2 is 2.00 bits per heavy atom. The molecule has 1 unspecified atom stereocenters. The Hall–Kier alpha value is 0.0200. The quantitative estimate of drug-likeness (QED) is 0.432. The van der Waals surface area contributed by atoms with Crippen LogP contribution in [0.2, 0.25) is 0 Å². The van der Waals surface area contributed by atoms with E-state index in [0.717, 1.165) is 0 Å². The number of phosphoric acid groups is 1. The summed E-state index contributed by atoms with van der Waals surface area (Å²) in [7, 11) is -8.62. The van der Waals surface area contributed by atoms with Crippen LogP contribution in [-0.2, 0) is 23.3 Å². The molecule has 7 nitrogen and oxygen atoms in total. The van der Waals surface area contributed by atoms with Gasteiger partial charge in [0.2, 0.25) is 0 Å². The van der Waals surface area contributed by atoms with Gasteiger partial charge in [-0.05, 0) is 0 Å². The fourth-order valence-electron chi connectivity index (χ4n) is 0.189. The summed E-state index contributed by atoms with van der Waals surface area (Å²) in [6, 6.07) is 0. The fraction of sp³-hybridized carbons (Fsp3) is 1.00. The van der Waals surface area contributed by atoms with Gasteiger partial charge in [-0.3, -0.25) is 0 Å². The third-order valence-corrected chi connectivity index (χ3v) is 2.47. The third-order valence-electron chi connectivity index (χ3n) is 0.363. The molecule has 0 aromatic carbocycles. The summed E-state index contributed by atoms with van der Waals surface area (Å²) in [5.41, 5.74) is 0. The summed E-state index contributed by atoms with van der Waals surface area (Å²) in [6.45, 7) is 0. The summed E-state index contributed by atoms with van der Waals surface area (Å²) in [5, 5.41) is 0. The molecular weight excluding hydrogens is 185 g/mol. The minimum absolute atomic E-state index is 0.592. The van der Waals surface area contributed by atoms with Crippen molar-refractivity contribution in [1.82, 2.24) is 0 Å². The average Bonchev–Trinajstić information content (AvgIpc) is 1.60. The van der Waals surface area contributed by atoms with Gasteiger partial charge in [0, 0.05) is 0 Å². The molecule has 0 aromatic heterocycles. The maximum Gasteiger partial charge on any atom is 0.503 e. The molecular formula is CH6NO6PS. The normalized spacial score (nSPS) is 18.3. The summed E-state index contributed by atoms with van der Waals surface area (Å²) >= 11 is 0. The standard InChI is InChI=1S/CH6NO6PS/c1-10(5,6)8-9(3,4)7-2/h2H2,1H3,(H,3,4). The van der Waals surface area contributed by atoms with Crippen LogP contribution in [0.3, 0.4) is 0 Å². The van der Waals surface area contributed by atoms with Crippen molar-refractivity contribution in [1.29, 1.82) is 0 Å². The second-order valence-corrected chi connectivity index (χ2v) is 4.51. The van der Waals surface area contributed by atoms with Crippen LogP contribution in [0.25, 0.3) is 0 Å². The van der Waals surface area contributed by atoms with E-state index in [4.69, 9.17) is 4.89 Å². The van der Waals surface area contributed by atoms with E-state index in [1.807, 2.05) is 0 Å². The van der Waals surface area contributed by atoms with E-state index in [1.165, 1.54) is 0 Å². The second-order valence-electron chi connectivity index (χ2n) is 1.35. The van der Waals surface area contributed by atoms with E-state index < -0.39 is 17.9 Å². The molecule has 10 heavy (non-hydrogen) atoms. The van der Waals surface area contributed by atoms with E-state index in [0.29, 0.717) is 6.26 Å². The minimum Gasteiger partial charge on any atom is -0.301 e. The first-order valence-corrected chi connectivity index (χ1v) is 5.20. The van der Waals surface area contributed by atoms with Gasteiger partial charge in [0.1, 0.15) is 0 Å². The van der Waals surface area contributed by atoms with E-state index in [2.05, 4.69) is 14.5 Å². The first kappa shape index (κ1) is 10.0. The van der Waals surface area contributed by atoms with Crippen LogP contribution in [0.1, 0.15) is 0 Å². The molecule has 9 heteroatoms. The maximum atomic E-state index is 10.2. The molecule has 0 aliphatic carbocycles. The molecule has 0 rings (SSSR count). The molecule has 0 amide bonds. The van der Waals surface area contributed by atoms with Gasteiger partial charge >= 0.3 is 7.82 Å². The minimum atomic E-state index is -4.61. The summed E-state index contributed by atoms with van der Waals surface area (Å²) in [4.78, 5) is 8.27. The van der Waals surface area contributed by atoms with E-state index in [9.17, 15) is 13.0 Å². The molecule has 0 radical (unpaired) electrons. The number of hydrogen-bond donors (Lipinski definition) is 2. The van der Waals surface area contributed by atoms with Crippen LogP contribution in [0.4, 0.5) is 0 Å². The lowest BCUT2D eigenvalue weighted by Gasteiger charge is -2.03. The molecule has 0 aromatic rings. The van der Waals surface area contributed by atoms with E-state index in [-0.39, 0.29) is 0 Å². The Labute approximate surface area is 57.4 Å². The van der Waals surface area contributed by atoms with Crippen LogP contribution in [0.15, 0.2) is 0 Å². The fourth-order valence-corrected chi connectivity index (χ4v) is 1.70. The van der Waals surface area contributed by atoms with Crippen molar-refractivity contribution in [2.45, 2.75) is 0 Å². The van der Waals surface area contributed by atoms with Gasteiger partial charge in [-0.15, -0.1) is 0 Å². The van der Waals surface area contributed by atoms with Gasteiger partial charge < -0.3 is 4.89 Å². The molecule has 0 bridgehead atoms. The zero-order valence-electron chi connectivity index (χ0n) is 4.92. The lowest BCUT2D eigenvalue weighted by atomic mass is 12.0. The Balaban J connectivity index is 4.32. The van der Waals surface area contributed by atoms with Crippen molar-refractivity contribution in [3.63, 3.8) is 0 Å². The first-order valence-electron chi connectivity index (χ1n) is 1.89. The third kappa shape index (κ3) is 4.86. The first-order chi connectivity index (χ1) is 4.27. The molecule has 0 heterocycles. The molecule has 62 valence electrons. The summed E-state index contributed by atoms with van der Waals surface area (Å²) < 4.78 is 37.3. The van der Waals surface area contributed by atoms with Crippen molar-refractivity contribution in [2.24, 2.45) is 5.90 Å². The molecule has 3 N–H and O–H groups in total. The average molecular weight is 191 g/mol.